The molecule has 3 N–H and O–H groups in total. The van der Waals surface area contributed by atoms with Crippen molar-refractivity contribution in [2.75, 3.05) is 13.2 Å². The van der Waals surface area contributed by atoms with Crippen molar-refractivity contribution in [3.05, 3.63) is 72.9 Å². The Bertz CT molecular complexity index is 1040. The number of allylic oxidation sites excluding steroid dienone is 11. The number of aliphatic hydroxyl groups is 1. The highest BCUT2D eigenvalue weighted by Crippen LogP contribution is 2.36. The molecular weight excluding hydrogens is 643 g/mol. The van der Waals surface area contributed by atoms with Crippen LogP contribution in [0.1, 0.15) is 136 Å². The van der Waals surface area contributed by atoms with Gasteiger partial charge in [-0.15, -0.1) is 0 Å². The quantitative estimate of drug-likeness (QED) is 0.0205. The van der Waals surface area contributed by atoms with Crippen LogP contribution in [0.5, 0.6) is 0 Å². The van der Waals surface area contributed by atoms with Gasteiger partial charge >= 0.3 is 19.8 Å². The van der Waals surface area contributed by atoms with Crippen LogP contribution in [0, 0.1) is 0 Å². The molecule has 0 heterocycles. The normalized spacial score (nSPS) is 14.0. The lowest BCUT2D eigenvalue weighted by Crippen LogP contribution is -2.29. The van der Waals surface area contributed by atoms with Gasteiger partial charge in [0, 0.05) is 12.8 Å². The number of rotatable bonds is 32. The monoisotopic (exact) mass is 708 g/mol. The third-order valence-electron chi connectivity index (χ3n) is 7.32. The summed E-state index contributed by atoms with van der Waals surface area (Å²) in [4.78, 5) is 42.7. The highest BCUT2D eigenvalue weighted by Gasteiger charge is 2.22. The van der Waals surface area contributed by atoms with Gasteiger partial charge in [0.25, 0.3) is 0 Å². The lowest BCUT2D eigenvalue weighted by atomic mass is 10.1. The van der Waals surface area contributed by atoms with Gasteiger partial charge in [0.2, 0.25) is 0 Å². The van der Waals surface area contributed by atoms with E-state index in [1.807, 2.05) is 18.2 Å². The molecule has 0 spiro atoms. The van der Waals surface area contributed by atoms with E-state index in [-0.39, 0.29) is 19.4 Å². The Morgan fingerprint density at radius 1 is 0.633 bits per heavy atom. The largest absolute Gasteiger partial charge is 0.469 e. The molecule has 0 aliphatic rings. The van der Waals surface area contributed by atoms with Crippen LogP contribution in [0.15, 0.2) is 72.9 Å². The molecular formula is C39H65O9P. The predicted molar refractivity (Wildman–Crippen MR) is 199 cm³/mol. The van der Waals surface area contributed by atoms with Crippen molar-refractivity contribution in [3.8, 4) is 0 Å². The fraction of sp³-hybridized carbons (Fsp3) is 0.641. The SMILES string of the molecule is CC/C=C\C/C=C\C/C=C\CCCCCCCC(=O)O[C@H](COC(=O)CCCCCCCC(O)/C=C/C=C/C/C=C/CC)COP(=O)(O)O. The van der Waals surface area contributed by atoms with Crippen molar-refractivity contribution < 1.29 is 43.0 Å². The van der Waals surface area contributed by atoms with E-state index in [1.165, 1.54) is 0 Å². The lowest BCUT2D eigenvalue weighted by molar-refractivity contribution is -0.161. The minimum Gasteiger partial charge on any atom is -0.462 e. The zero-order valence-electron chi connectivity index (χ0n) is 30.2. The highest BCUT2D eigenvalue weighted by atomic mass is 31.2. The topological polar surface area (TPSA) is 140 Å². The van der Waals surface area contributed by atoms with Crippen LogP contribution in [-0.4, -0.2) is 52.3 Å². The second kappa shape index (κ2) is 33.9. The van der Waals surface area contributed by atoms with Crippen LogP contribution in [0.3, 0.4) is 0 Å². The molecule has 2 atom stereocenters. The minimum absolute atomic E-state index is 0.168. The summed E-state index contributed by atoms with van der Waals surface area (Å²) in [7, 11) is -4.78. The molecule has 0 aromatic heterocycles. The Kier molecular flexibility index (Phi) is 32.2. The first-order chi connectivity index (χ1) is 23.7. The average Bonchev–Trinajstić information content (AvgIpc) is 3.06. The van der Waals surface area contributed by atoms with E-state index in [2.05, 4.69) is 67.0 Å². The maximum atomic E-state index is 12.4. The predicted octanol–water partition coefficient (Wildman–Crippen LogP) is 9.70. The van der Waals surface area contributed by atoms with Crippen molar-refractivity contribution in [1.29, 1.82) is 0 Å². The van der Waals surface area contributed by atoms with E-state index in [1.54, 1.807) is 6.08 Å². The first-order valence-corrected chi connectivity index (χ1v) is 19.9. The van der Waals surface area contributed by atoms with Gasteiger partial charge in [0.1, 0.15) is 6.61 Å². The maximum Gasteiger partial charge on any atom is 0.469 e. The number of hydrogen-bond donors (Lipinski definition) is 3. The molecule has 0 aliphatic heterocycles. The third kappa shape index (κ3) is 36.6. The van der Waals surface area contributed by atoms with E-state index in [9.17, 15) is 19.3 Å². The third-order valence-corrected chi connectivity index (χ3v) is 7.81. The summed E-state index contributed by atoms with van der Waals surface area (Å²) < 4.78 is 26.2. The molecule has 0 rings (SSSR count). The van der Waals surface area contributed by atoms with Crippen LogP contribution in [-0.2, 0) is 28.2 Å². The molecule has 0 fully saturated rings. The van der Waals surface area contributed by atoms with E-state index in [0.29, 0.717) is 19.3 Å². The standard InChI is InChI=1S/C39H65O9P/c1-3-5-7-9-11-12-13-14-15-16-17-18-20-24-29-33-39(42)48-37(35-47-49(43,44)45)34-46-38(41)32-28-25-21-23-27-31-36(40)30-26-22-19-10-8-6-4-2/h5-8,11-12,14-15,19,22,26,30,36-37,40H,3-4,9-10,13,16-18,20-21,23-25,27-29,31-35H2,1-2H3,(H2,43,44,45)/b7-5-,8-6+,12-11-,15-14-,22-19+,30-26+/t36?,37-/m1/s1. The first kappa shape index (κ1) is 46.5. The van der Waals surface area contributed by atoms with Gasteiger partial charge < -0.3 is 24.4 Å². The molecule has 0 radical (unpaired) electrons. The van der Waals surface area contributed by atoms with Crippen molar-refractivity contribution >= 4 is 19.8 Å². The van der Waals surface area contributed by atoms with Crippen LogP contribution in [0.2, 0.25) is 0 Å². The van der Waals surface area contributed by atoms with Gasteiger partial charge in [-0.2, -0.15) is 0 Å². The number of carbonyl (C=O) groups is 2. The number of carbonyl (C=O) groups excluding carboxylic acids is 2. The van der Waals surface area contributed by atoms with Gasteiger partial charge in [-0.3, -0.25) is 14.1 Å². The summed E-state index contributed by atoms with van der Waals surface area (Å²) in [5, 5.41) is 10.1. The summed E-state index contributed by atoms with van der Waals surface area (Å²) in [6.07, 6.45) is 39.3. The molecule has 0 saturated heterocycles. The fourth-order valence-electron chi connectivity index (χ4n) is 4.63. The zero-order chi connectivity index (χ0) is 36.3. The van der Waals surface area contributed by atoms with Crippen molar-refractivity contribution in [3.63, 3.8) is 0 Å². The number of phosphoric acid groups is 1. The van der Waals surface area contributed by atoms with Crippen molar-refractivity contribution in [2.24, 2.45) is 0 Å². The minimum atomic E-state index is -4.78. The molecule has 9 nitrogen and oxygen atoms in total. The second-order valence-corrected chi connectivity index (χ2v) is 13.2. The molecule has 49 heavy (non-hydrogen) atoms. The van der Waals surface area contributed by atoms with Gasteiger partial charge in [-0.25, -0.2) is 4.57 Å². The van der Waals surface area contributed by atoms with Gasteiger partial charge in [0.05, 0.1) is 12.7 Å². The van der Waals surface area contributed by atoms with Gasteiger partial charge in [0.15, 0.2) is 6.10 Å². The number of esters is 2. The molecule has 0 bridgehead atoms. The zero-order valence-corrected chi connectivity index (χ0v) is 31.1. The van der Waals surface area contributed by atoms with Crippen LogP contribution < -0.4 is 0 Å². The Labute approximate surface area is 296 Å². The Morgan fingerprint density at radius 3 is 1.80 bits per heavy atom. The number of ether oxygens (including phenoxy) is 2. The number of unbranched alkanes of at least 4 members (excludes halogenated alkanes) is 9. The second-order valence-electron chi connectivity index (χ2n) is 12.0. The summed E-state index contributed by atoms with van der Waals surface area (Å²) in [5.41, 5.74) is 0. The van der Waals surface area contributed by atoms with Gasteiger partial charge in [-0.05, 0) is 64.2 Å². The summed E-state index contributed by atoms with van der Waals surface area (Å²) in [5.74, 6) is -0.990. The lowest BCUT2D eigenvalue weighted by Gasteiger charge is -2.18. The number of hydrogen-bond acceptors (Lipinski definition) is 7. The van der Waals surface area contributed by atoms with E-state index < -0.39 is 38.6 Å². The summed E-state index contributed by atoms with van der Waals surface area (Å²) in [6.45, 7) is 3.32. The van der Waals surface area contributed by atoms with Crippen molar-refractivity contribution in [2.45, 2.75) is 148 Å². The molecule has 10 heteroatoms. The van der Waals surface area contributed by atoms with Gasteiger partial charge in [-0.1, -0.05) is 132 Å². The van der Waals surface area contributed by atoms with E-state index >= 15 is 0 Å². The number of aliphatic hydroxyl groups excluding tert-OH is 1. The van der Waals surface area contributed by atoms with E-state index in [4.69, 9.17) is 19.3 Å². The summed E-state index contributed by atoms with van der Waals surface area (Å²) >= 11 is 0. The Morgan fingerprint density at radius 2 is 1.16 bits per heavy atom. The fourth-order valence-corrected chi connectivity index (χ4v) is 4.99. The molecule has 280 valence electrons. The molecule has 0 aromatic rings. The molecule has 0 saturated carbocycles. The van der Waals surface area contributed by atoms with Crippen molar-refractivity contribution in [1.82, 2.24) is 0 Å². The molecule has 0 aliphatic carbocycles. The maximum absolute atomic E-state index is 12.4. The van der Waals surface area contributed by atoms with Crippen LogP contribution in [0.25, 0.3) is 0 Å². The average molecular weight is 709 g/mol. The Balaban J connectivity index is 4.12. The van der Waals surface area contributed by atoms with E-state index in [0.717, 1.165) is 89.9 Å². The number of phosphoric ester groups is 1. The smallest absolute Gasteiger partial charge is 0.462 e. The molecule has 0 aromatic carbocycles. The first-order valence-electron chi connectivity index (χ1n) is 18.3. The summed E-state index contributed by atoms with van der Waals surface area (Å²) in [6, 6.07) is 0. The van der Waals surface area contributed by atoms with Crippen LogP contribution >= 0.6 is 7.82 Å². The molecule has 1 unspecified atom stereocenters. The highest BCUT2D eigenvalue weighted by molar-refractivity contribution is 7.46. The Hall–Kier alpha value is -2.55. The molecule has 0 amide bonds. The van der Waals surface area contributed by atoms with Crippen LogP contribution in [0.4, 0.5) is 0 Å².